The van der Waals surface area contributed by atoms with Gasteiger partial charge in [0.15, 0.2) is 5.82 Å². The van der Waals surface area contributed by atoms with Gasteiger partial charge in [0.2, 0.25) is 0 Å². The lowest BCUT2D eigenvalue weighted by Gasteiger charge is -2.17. The van der Waals surface area contributed by atoms with Crippen LogP contribution in [-0.4, -0.2) is 22.6 Å². The average molecular weight is 493 g/mol. The van der Waals surface area contributed by atoms with Gasteiger partial charge >= 0.3 is 0 Å². The van der Waals surface area contributed by atoms with E-state index in [9.17, 15) is 4.39 Å². The van der Waals surface area contributed by atoms with E-state index in [4.69, 9.17) is 16.3 Å². The quantitative estimate of drug-likeness (QED) is 0.313. The van der Waals surface area contributed by atoms with Gasteiger partial charge in [0.1, 0.15) is 24.0 Å². The van der Waals surface area contributed by atoms with Gasteiger partial charge in [-0.15, -0.1) is 11.3 Å². The maximum Gasteiger partial charge on any atom is 0.151 e. The number of hydrogen-bond donors (Lipinski definition) is 2. The third-order valence-corrected chi connectivity index (χ3v) is 6.90. The number of ether oxygens (including phenoxy) is 1. The van der Waals surface area contributed by atoms with E-state index in [1.165, 1.54) is 24.9 Å². The SMILES string of the molecule is C[C@@H](Oc1ccc(Nc2ncnc3cc(C#C[C@H]4CCCN4)sc23)cc1Cl)c1cccc(F)c1. The van der Waals surface area contributed by atoms with Crippen molar-refractivity contribution in [3.63, 3.8) is 0 Å². The third kappa shape index (κ3) is 5.15. The van der Waals surface area contributed by atoms with Crippen LogP contribution in [0.3, 0.4) is 0 Å². The maximum atomic E-state index is 13.5. The number of aromatic nitrogens is 2. The molecule has 2 aromatic carbocycles. The van der Waals surface area contributed by atoms with Gasteiger partial charge in [-0.1, -0.05) is 35.6 Å². The number of thiophene rings is 1. The molecule has 0 saturated carbocycles. The topological polar surface area (TPSA) is 59.1 Å². The lowest BCUT2D eigenvalue weighted by molar-refractivity contribution is 0.226. The molecule has 1 aliphatic rings. The fourth-order valence-electron chi connectivity index (χ4n) is 3.80. The van der Waals surface area contributed by atoms with Crippen LogP contribution in [0.2, 0.25) is 5.02 Å². The highest BCUT2D eigenvalue weighted by Crippen LogP contribution is 2.34. The Morgan fingerprint density at radius 3 is 2.94 bits per heavy atom. The molecule has 1 aliphatic heterocycles. The van der Waals surface area contributed by atoms with Gasteiger partial charge in [-0.2, -0.15) is 0 Å². The van der Waals surface area contributed by atoms with Gasteiger partial charge in [0, 0.05) is 5.69 Å². The van der Waals surface area contributed by atoms with Crippen molar-refractivity contribution >= 4 is 44.7 Å². The molecule has 2 aromatic heterocycles. The van der Waals surface area contributed by atoms with E-state index in [-0.39, 0.29) is 18.0 Å². The minimum absolute atomic E-state index is 0.264. The highest BCUT2D eigenvalue weighted by Gasteiger charge is 2.14. The fourth-order valence-corrected chi connectivity index (χ4v) is 4.94. The number of rotatable bonds is 5. The Kier molecular flexibility index (Phi) is 6.63. The first-order valence-electron chi connectivity index (χ1n) is 11.0. The standard InChI is InChI=1S/C26H22ClFN4OS/c1-16(17-4-2-5-18(28)12-17)33-24-10-8-20(13-22(24)27)32-26-25-23(30-15-31-26)14-21(34-25)9-7-19-6-3-11-29-19/h2,4-5,8,10,12-16,19,29H,3,6,11H2,1H3,(H,30,31,32)/t16-,19-/m1/s1. The highest BCUT2D eigenvalue weighted by molar-refractivity contribution is 7.20. The number of halogens is 2. The van der Waals surface area contributed by atoms with Crippen molar-refractivity contribution < 1.29 is 9.13 Å². The Morgan fingerprint density at radius 1 is 1.24 bits per heavy atom. The molecule has 172 valence electrons. The summed E-state index contributed by atoms with van der Waals surface area (Å²) in [4.78, 5) is 9.76. The molecule has 34 heavy (non-hydrogen) atoms. The van der Waals surface area contributed by atoms with Crippen LogP contribution < -0.4 is 15.4 Å². The van der Waals surface area contributed by atoms with E-state index in [1.54, 1.807) is 29.5 Å². The number of fused-ring (bicyclic) bond motifs is 1. The third-order valence-electron chi connectivity index (χ3n) is 5.56. The van der Waals surface area contributed by atoms with Crippen LogP contribution in [0.15, 0.2) is 54.9 Å². The number of hydrogen-bond acceptors (Lipinski definition) is 6. The molecule has 0 unspecified atom stereocenters. The minimum Gasteiger partial charge on any atom is -0.484 e. The minimum atomic E-state index is -0.349. The smallest absolute Gasteiger partial charge is 0.151 e. The lowest BCUT2D eigenvalue weighted by Crippen LogP contribution is -2.18. The molecule has 0 bridgehead atoms. The molecule has 0 aliphatic carbocycles. The van der Waals surface area contributed by atoms with Crippen LogP contribution in [0.4, 0.5) is 15.9 Å². The molecular formula is C26H22ClFN4OS. The summed E-state index contributed by atoms with van der Waals surface area (Å²) in [7, 11) is 0. The predicted octanol–water partition coefficient (Wildman–Crippen LogP) is 6.47. The summed E-state index contributed by atoms with van der Waals surface area (Å²) in [5, 5.41) is 7.16. The normalized spacial score (nSPS) is 16.1. The molecular weight excluding hydrogens is 471 g/mol. The summed E-state index contributed by atoms with van der Waals surface area (Å²) < 4.78 is 20.4. The van der Waals surface area contributed by atoms with Gasteiger partial charge < -0.3 is 15.4 Å². The molecule has 8 heteroatoms. The van der Waals surface area contributed by atoms with Crippen LogP contribution in [0.1, 0.15) is 36.3 Å². The second-order valence-electron chi connectivity index (χ2n) is 8.05. The molecule has 1 fully saturated rings. The molecule has 4 aromatic rings. The van der Waals surface area contributed by atoms with Gasteiger partial charge in [-0.25, -0.2) is 14.4 Å². The fraction of sp³-hybridized carbons (Fsp3) is 0.231. The van der Waals surface area contributed by atoms with Crippen molar-refractivity contribution in [2.75, 3.05) is 11.9 Å². The van der Waals surface area contributed by atoms with Crippen molar-refractivity contribution in [3.8, 4) is 17.6 Å². The molecule has 3 heterocycles. The monoisotopic (exact) mass is 492 g/mol. The van der Waals surface area contributed by atoms with Crippen LogP contribution in [0, 0.1) is 17.7 Å². The summed E-state index contributed by atoms with van der Waals surface area (Å²) in [6.45, 7) is 2.89. The summed E-state index contributed by atoms with van der Waals surface area (Å²) in [5.41, 5.74) is 2.36. The van der Waals surface area contributed by atoms with E-state index in [0.29, 0.717) is 16.6 Å². The van der Waals surface area contributed by atoms with Crippen molar-refractivity contribution in [2.24, 2.45) is 0 Å². The molecule has 1 saturated heterocycles. The Balaban J connectivity index is 1.33. The lowest BCUT2D eigenvalue weighted by atomic mass is 10.1. The van der Waals surface area contributed by atoms with E-state index >= 15 is 0 Å². The van der Waals surface area contributed by atoms with Gasteiger partial charge in [-0.3, -0.25) is 0 Å². The molecule has 2 atom stereocenters. The summed E-state index contributed by atoms with van der Waals surface area (Å²) in [5.74, 6) is 7.48. The number of benzene rings is 2. The summed E-state index contributed by atoms with van der Waals surface area (Å²) >= 11 is 8.05. The van der Waals surface area contributed by atoms with Gasteiger partial charge in [0.25, 0.3) is 0 Å². The Bertz CT molecular complexity index is 1390. The first kappa shape index (κ1) is 22.6. The number of nitrogens with one attached hydrogen (secondary N) is 2. The first-order chi connectivity index (χ1) is 16.5. The van der Waals surface area contributed by atoms with Gasteiger partial charge in [-0.05, 0) is 68.3 Å². The Hall–Kier alpha value is -3.18. The highest BCUT2D eigenvalue weighted by atomic mass is 35.5. The zero-order valence-electron chi connectivity index (χ0n) is 18.4. The molecule has 0 radical (unpaired) electrons. The van der Waals surface area contributed by atoms with Crippen LogP contribution in [-0.2, 0) is 0 Å². The van der Waals surface area contributed by atoms with Crippen molar-refractivity contribution in [2.45, 2.75) is 31.9 Å². The average Bonchev–Trinajstić information content (AvgIpc) is 3.49. The Labute approximate surface area is 206 Å². The molecule has 5 rings (SSSR count). The van der Waals surface area contributed by atoms with E-state index in [2.05, 4.69) is 32.4 Å². The summed E-state index contributed by atoms with van der Waals surface area (Å²) in [6, 6.07) is 14.0. The van der Waals surface area contributed by atoms with Crippen molar-refractivity contribution in [1.29, 1.82) is 0 Å². The molecule has 0 spiro atoms. The number of anilines is 2. The molecule has 0 amide bonds. The van der Waals surface area contributed by atoms with Crippen LogP contribution in [0.5, 0.6) is 5.75 Å². The second kappa shape index (κ2) is 9.98. The van der Waals surface area contributed by atoms with Crippen molar-refractivity contribution in [3.05, 3.63) is 76.1 Å². The number of nitrogens with zero attached hydrogens (tertiary/aromatic N) is 2. The van der Waals surface area contributed by atoms with Crippen LogP contribution >= 0.6 is 22.9 Å². The summed E-state index contributed by atoms with van der Waals surface area (Å²) in [6.07, 6.45) is 3.44. The Morgan fingerprint density at radius 2 is 2.15 bits per heavy atom. The zero-order chi connectivity index (χ0) is 23.5. The van der Waals surface area contributed by atoms with Crippen LogP contribution in [0.25, 0.3) is 10.2 Å². The predicted molar refractivity (Wildman–Crippen MR) is 135 cm³/mol. The maximum absolute atomic E-state index is 13.5. The molecule has 5 nitrogen and oxygen atoms in total. The van der Waals surface area contributed by atoms with Crippen molar-refractivity contribution in [1.82, 2.24) is 15.3 Å². The first-order valence-corrected chi connectivity index (χ1v) is 12.2. The second-order valence-corrected chi connectivity index (χ2v) is 9.51. The zero-order valence-corrected chi connectivity index (χ0v) is 20.0. The van der Waals surface area contributed by atoms with Gasteiger partial charge in [0.05, 0.1) is 26.2 Å². The molecule has 2 N–H and O–H groups in total. The largest absolute Gasteiger partial charge is 0.484 e. The van der Waals surface area contributed by atoms with E-state index in [0.717, 1.165) is 39.3 Å². The van der Waals surface area contributed by atoms with E-state index < -0.39 is 0 Å². The van der Waals surface area contributed by atoms with E-state index in [1.807, 2.05) is 25.1 Å².